The van der Waals surface area contributed by atoms with Crippen molar-refractivity contribution >= 4 is 23.6 Å². The molecule has 0 bridgehead atoms. The smallest absolute Gasteiger partial charge is 0.307 e. The number of hydrogen-bond acceptors (Lipinski definition) is 6. The zero-order valence-electron chi connectivity index (χ0n) is 15.0. The predicted molar refractivity (Wildman–Crippen MR) is 91.9 cm³/mol. The maximum absolute atomic E-state index is 11.7. The molecule has 25 heavy (non-hydrogen) atoms. The molecule has 0 saturated heterocycles. The molecule has 0 saturated carbocycles. The number of carboxylic acid groups (broad SMARTS) is 1. The molecule has 0 aliphatic rings. The Labute approximate surface area is 147 Å². The average Bonchev–Trinajstić information content (AvgIpc) is 2.51. The lowest BCUT2D eigenvalue weighted by Crippen LogP contribution is -2.22. The van der Waals surface area contributed by atoms with Crippen molar-refractivity contribution in [2.75, 3.05) is 12.3 Å². The van der Waals surface area contributed by atoms with Gasteiger partial charge in [0.25, 0.3) is 0 Å². The molecule has 0 unspecified atom stereocenters. The van der Waals surface area contributed by atoms with E-state index in [4.69, 9.17) is 15.2 Å². The van der Waals surface area contributed by atoms with E-state index in [1.165, 1.54) is 6.92 Å². The van der Waals surface area contributed by atoms with Crippen LogP contribution in [0.2, 0.25) is 0 Å². The van der Waals surface area contributed by atoms with E-state index < -0.39 is 23.8 Å². The van der Waals surface area contributed by atoms with Gasteiger partial charge in [0, 0.05) is 12.6 Å². The number of anilines is 1. The lowest BCUT2D eigenvalue weighted by atomic mass is 9.89. The third-order valence-electron chi connectivity index (χ3n) is 4.01. The Kier molecular flexibility index (Phi) is 7.42. The maximum Gasteiger partial charge on any atom is 0.307 e. The minimum Gasteiger partial charge on any atom is -0.481 e. The van der Waals surface area contributed by atoms with Crippen LogP contribution in [-0.4, -0.2) is 29.6 Å². The molecule has 1 aromatic rings. The molecular formula is C18H25NO6. The molecule has 0 aromatic heterocycles. The molecule has 1 aromatic carbocycles. The average molecular weight is 351 g/mol. The van der Waals surface area contributed by atoms with Crippen LogP contribution < -0.4 is 5.73 Å². The first-order chi connectivity index (χ1) is 11.7. The first-order valence-corrected chi connectivity index (χ1v) is 8.06. The Morgan fingerprint density at radius 3 is 2.40 bits per heavy atom. The molecule has 1 rings (SSSR count). The molecule has 7 nitrogen and oxygen atoms in total. The summed E-state index contributed by atoms with van der Waals surface area (Å²) in [5, 5.41) is 9.44. The third-order valence-corrected chi connectivity index (χ3v) is 4.01. The van der Waals surface area contributed by atoms with Gasteiger partial charge in [-0.15, -0.1) is 0 Å². The van der Waals surface area contributed by atoms with Crippen molar-refractivity contribution in [2.24, 2.45) is 5.92 Å². The summed E-state index contributed by atoms with van der Waals surface area (Å²) in [6.07, 6.45) is -0.106. The van der Waals surface area contributed by atoms with Gasteiger partial charge in [0.05, 0.1) is 18.9 Å². The minimum absolute atomic E-state index is 0.00667. The summed E-state index contributed by atoms with van der Waals surface area (Å²) in [5.41, 5.74) is 9.53. The normalized spacial score (nSPS) is 11.7. The minimum atomic E-state index is -1.08. The van der Waals surface area contributed by atoms with Gasteiger partial charge in [-0.3, -0.25) is 14.4 Å². The van der Waals surface area contributed by atoms with E-state index >= 15 is 0 Å². The number of aryl methyl sites for hydroxylation is 1. The summed E-state index contributed by atoms with van der Waals surface area (Å²) in [7, 11) is 0. The predicted octanol–water partition coefficient (Wildman–Crippen LogP) is 2.15. The molecule has 1 atom stereocenters. The standard InChI is InChI=1S/C18H25NO6/c1-5-24-16(21)8-14(18(22)23)7-13-6-10(2)17(19)11(3)15(13)9-25-12(4)20/h6,14H,5,7-9,19H2,1-4H3,(H,22,23)/t14-/m0/s1. The second-order valence-corrected chi connectivity index (χ2v) is 5.90. The van der Waals surface area contributed by atoms with Crippen molar-refractivity contribution in [1.82, 2.24) is 0 Å². The molecule has 0 aliphatic heterocycles. The number of esters is 2. The van der Waals surface area contributed by atoms with Crippen molar-refractivity contribution in [1.29, 1.82) is 0 Å². The van der Waals surface area contributed by atoms with Crippen LogP contribution in [0.15, 0.2) is 6.07 Å². The number of carbonyl (C=O) groups excluding carboxylic acids is 2. The largest absolute Gasteiger partial charge is 0.481 e. The maximum atomic E-state index is 11.7. The Morgan fingerprint density at radius 2 is 1.88 bits per heavy atom. The zero-order chi connectivity index (χ0) is 19.1. The number of ether oxygens (including phenoxy) is 2. The summed E-state index contributed by atoms with van der Waals surface area (Å²) >= 11 is 0. The molecule has 0 radical (unpaired) electrons. The molecule has 0 aliphatic carbocycles. The Bertz CT molecular complexity index is 668. The van der Waals surface area contributed by atoms with E-state index in [0.717, 1.165) is 11.1 Å². The van der Waals surface area contributed by atoms with Gasteiger partial charge in [-0.25, -0.2) is 0 Å². The molecule has 7 heteroatoms. The first-order valence-electron chi connectivity index (χ1n) is 8.06. The van der Waals surface area contributed by atoms with Crippen molar-refractivity contribution in [3.8, 4) is 0 Å². The quantitative estimate of drug-likeness (QED) is 0.544. The molecule has 0 amide bonds. The van der Waals surface area contributed by atoms with Crippen LogP contribution in [0.25, 0.3) is 0 Å². The lowest BCUT2D eigenvalue weighted by Gasteiger charge is -2.19. The summed E-state index contributed by atoms with van der Waals surface area (Å²) in [6.45, 7) is 6.79. The number of benzene rings is 1. The topological polar surface area (TPSA) is 116 Å². The summed E-state index contributed by atoms with van der Waals surface area (Å²) in [6, 6.07) is 1.78. The van der Waals surface area contributed by atoms with Crippen LogP contribution in [0.5, 0.6) is 0 Å². The van der Waals surface area contributed by atoms with Crippen LogP contribution in [0.3, 0.4) is 0 Å². The first kappa shape index (κ1) is 20.5. The molecule has 3 N–H and O–H groups in total. The Morgan fingerprint density at radius 1 is 1.24 bits per heavy atom. The number of aliphatic carboxylic acids is 1. The zero-order valence-corrected chi connectivity index (χ0v) is 15.0. The number of nitrogen functional groups attached to an aromatic ring is 1. The van der Waals surface area contributed by atoms with E-state index in [-0.39, 0.29) is 26.1 Å². The van der Waals surface area contributed by atoms with Crippen LogP contribution in [0.1, 0.15) is 42.5 Å². The van der Waals surface area contributed by atoms with Gasteiger partial charge in [-0.1, -0.05) is 6.07 Å². The van der Waals surface area contributed by atoms with Crippen molar-refractivity contribution < 1.29 is 29.0 Å². The monoisotopic (exact) mass is 351 g/mol. The Balaban J connectivity index is 3.17. The third kappa shape index (κ3) is 5.77. The summed E-state index contributed by atoms with van der Waals surface area (Å²) < 4.78 is 9.92. The highest BCUT2D eigenvalue weighted by atomic mass is 16.5. The van der Waals surface area contributed by atoms with Crippen molar-refractivity contribution in [3.63, 3.8) is 0 Å². The fourth-order valence-electron chi connectivity index (χ4n) is 2.62. The van der Waals surface area contributed by atoms with Crippen molar-refractivity contribution in [2.45, 2.75) is 47.1 Å². The molecule has 138 valence electrons. The van der Waals surface area contributed by atoms with Crippen LogP contribution in [0, 0.1) is 19.8 Å². The summed E-state index contributed by atoms with van der Waals surface area (Å²) in [4.78, 5) is 34.3. The van der Waals surface area contributed by atoms with E-state index in [2.05, 4.69) is 0 Å². The molecule has 0 spiro atoms. The van der Waals surface area contributed by atoms with Gasteiger partial charge in [0.1, 0.15) is 6.61 Å². The highest BCUT2D eigenvalue weighted by Crippen LogP contribution is 2.28. The second-order valence-electron chi connectivity index (χ2n) is 5.90. The van der Waals surface area contributed by atoms with E-state index in [1.54, 1.807) is 19.9 Å². The fraction of sp³-hybridized carbons (Fsp3) is 0.500. The SMILES string of the molecule is CCOC(=O)C[C@H](Cc1cc(C)c(N)c(C)c1COC(C)=O)C(=O)O. The van der Waals surface area contributed by atoms with Gasteiger partial charge in [0.2, 0.25) is 0 Å². The van der Waals surface area contributed by atoms with E-state index in [9.17, 15) is 19.5 Å². The fourth-order valence-corrected chi connectivity index (χ4v) is 2.62. The highest BCUT2D eigenvalue weighted by Gasteiger charge is 2.25. The molecule has 0 fully saturated rings. The second kappa shape index (κ2) is 9.05. The number of nitrogens with two attached hydrogens (primary N) is 1. The van der Waals surface area contributed by atoms with Gasteiger partial charge in [0.15, 0.2) is 0 Å². The Hall–Kier alpha value is -2.57. The lowest BCUT2D eigenvalue weighted by molar-refractivity contribution is -0.151. The van der Waals surface area contributed by atoms with Crippen LogP contribution >= 0.6 is 0 Å². The number of hydrogen-bond donors (Lipinski definition) is 2. The van der Waals surface area contributed by atoms with Gasteiger partial charge >= 0.3 is 17.9 Å². The summed E-state index contributed by atoms with van der Waals surface area (Å²) in [5.74, 6) is -3.01. The van der Waals surface area contributed by atoms with Crippen LogP contribution in [0.4, 0.5) is 5.69 Å². The highest BCUT2D eigenvalue weighted by molar-refractivity contribution is 5.79. The number of carboxylic acids is 1. The van der Waals surface area contributed by atoms with Gasteiger partial charge < -0.3 is 20.3 Å². The van der Waals surface area contributed by atoms with Gasteiger partial charge in [-0.2, -0.15) is 0 Å². The van der Waals surface area contributed by atoms with E-state index in [0.29, 0.717) is 16.8 Å². The van der Waals surface area contributed by atoms with Crippen molar-refractivity contribution in [3.05, 3.63) is 28.3 Å². The number of carbonyl (C=O) groups is 3. The number of rotatable bonds is 8. The van der Waals surface area contributed by atoms with Gasteiger partial charge in [-0.05, 0) is 49.4 Å². The van der Waals surface area contributed by atoms with E-state index in [1.807, 2.05) is 6.92 Å². The molecule has 0 heterocycles. The van der Waals surface area contributed by atoms with Crippen LogP contribution in [-0.2, 0) is 36.9 Å². The molecular weight excluding hydrogens is 326 g/mol.